The minimum atomic E-state index is 0.128. The van der Waals surface area contributed by atoms with Crippen molar-refractivity contribution in [2.24, 2.45) is 0 Å². The number of nitrogens with zero attached hydrogens (tertiary/aromatic N) is 7. The second-order valence-electron chi connectivity index (χ2n) is 7.96. The number of fused-ring (bicyclic) bond motifs is 3. The summed E-state index contributed by atoms with van der Waals surface area (Å²) in [5, 5.41) is 13.2. The van der Waals surface area contributed by atoms with Crippen LogP contribution < -0.4 is 4.90 Å². The van der Waals surface area contributed by atoms with E-state index in [-0.39, 0.29) is 18.0 Å². The first kappa shape index (κ1) is 19.5. The molecule has 0 spiro atoms. The molecule has 9 heteroatoms. The lowest BCUT2D eigenvalue weighted by molar-refractivity contribution is -0.133. The normalized spacial score (nSPS) is 20.2. The highest BCUT2D eigenvalue weighted by Gasteiger charge is 2.41. The van der Waals surface area contributed by atoms with E-state index in [0.717, 1.165) is 30.0 Å². The largest absolute Gasteiger partial charge is 0.375 e. The highest BCUT2D eigenvalue weighted by Crippen LogP contribution is 2.34. The van der Waals surface area contributed by atoms with Crippen LogP contribution in [0.4, 0.5) is 5.82 Å². The van der Waals surface area contributed by atoms with E-state index in [1.54, 1.807) is 16.8 Å². The monoisotopic (exact) mass is 417 g/mol. The molecule has 1 amide bonds. The van der Waals surface area contributed by atoms with E-state index in [1.165, 1.54) is 6.33 Å². The SMILES string of the molecule is N#Cc1ccc(N2C3CCC2CN(C(=O)CCOCc2cccc4ncnn24)C3)nc1. The lowest BCUT2D eigenvalue weighted by atomic mass is 10.1. The average molecular weight is 417 g/mol. The smallest absolute Gasteiger partial charge is 0.225 e. The Morgan fingerprint density at radius 3 is 2.74 bits per heavy atom. The van der Waals surface area contributed by atoms with Crippen LogP contribution in [0, 0.1) is 11.3 Å². The Bertz CT molecular complexity index is 1110. The van der Waals surface area contributed by atoms with E-state index >= 15 is 0 Å². The van der Waals surface area contributed by atoms with Crippen molar-refractivity contribution in [3.05, 3.63) is 54.1 Å². The minimum absolute atomic E-state index is 0.128. The van der Waals surface area contributed by atoms with Crippen LogP contribution in [0.3, 0.4) is 0 Å². The summed E-state index contributed by atoms with van der Waals surface area (Å²) >= 11 is 0. The zero-order valence-corrected chi connectivity index (χ0v) is 17.1. The maximum absolute atomic E-state index is 12.8. The molecule has 5 rings (SSSR count). The molecule has 3 aromatic heterocycles. The predicted molar refractivity (Wildman–Crippen MR) is 112 cm³/mol. The van der Waals surface area contributed by atoms with E-state index in [4.69, 9.17) is 10.00 Å². The zero-order valence-electron chi connectivity index (χ0n) is 17.1. The van der Waals surface area contributed by atoms with Crippen LogP contribution in [0.2, 0.25) is 0 Å². The van der Waals surface area contributed by atoms with Crippen LogP contribution >= 0.6 is 0 Å². The summed E-state index contributed by atoms with van der Waals surface area (Å²) in [5.41, 5.74) is 2.25. The van der Waals surface area contributed by atoms with Crippen molar-refractivity contribution in [1.82, 2.24) is 24.5 Å². The number of aromatic nitrogens is 4. The van der Waals surface area contributed by atoms with Gasteiger partial charge in [-0.1, -0.05) is 6.07 Å². The molecule has 3 aromatic rings. The first-order valence-electron chi connectivity index (χ1n) is 10.5. The van der Waals surface area contributed by atoms with Crippen molar-refractivity contribution in [2.75, 3.05) is 24.6 Å². The fourth-order valence-electron chi connectivity index (χ4n) is 4.59. The van der Waals surface area contributed by atoms with Crippen LogP contribution in [0.5, 0.6) is 0 Å². The number of piperazine rings is 1. The molecule has 158 valence electrons. The molecule has 0 N–H and O–H groups in total. The van der Waals surface area contributed by atoms with Gasteiger partial charge in [0, 0.05) is 31.4 Å². The predicted octanol–water partition coefficient (Wildman–Crippen LogP) is 1.78. The summed E-state index contributed by atoms with van der Waals surface area (Å²) in [7, 11) is 0. The van der Waals surface area contributed by atoms with Gasteiger partial charge in [0.2, 0.25) is 5.91 Å². The molecule has 0 aromatic carbocycles. The molecule has 2 bridgehead atoms. The average Bonchev–Trinajstić information content (AvgIpc) is 3.39. The van der Waals surface area contributed by atoms with Gasteiger partial charge >= 0.3 is 0 Å². The number of hydrogen-bond acceptors (Lipinski definition) is 7. The number of ether oxygens (including phenoxy) is 1. The molecule has 2 fully saturated rings. The highest BCUT2D eigenvalue weighted by atomic mass is 16.5. The number of nitriles is 1. The first-order valence-corrected chi connectivity index (χ1v) is 10.5. The maximum atomic E-state index is 12.8. The van der Waals surface area contributed by atoms with E-state index in [9.17, 15) is 4.79 Å². The lowest BCUT2D eigenvalue weighted by Gasteiger charge is -2.41. The summed E-state index contributed by atoms with van der Waals surface area (Å²) in [4.78, 5) is 25.7. The molecule has 0 saturated carbocycles. The highest BCUT2D eigenvalue weighted by molar-refractivity contribution is 5.77. The van der Waals surface area contributed by atoms with Gasteiger partial charge in [0.05, 0.1) is 30.9 Å². The molecular formula is C22H23N7O2. The molecule has 5 heterocycles. The molecule has 0 aliphatic carbocycles. The summed E-state index contributed by atoms with van der Waals surface area (Å²) in [6, 6.07) is 12.1. The van der Waals surface area contributed by atoms with E-state index in [1.807, 2.05) is 29.2 Å². The summed E-state index contributed by atoms with van der Waals surface area (Å²) in [6.45, 7) is 2.17. The van der Waals surface area contributed by atoms with Gasteiger partial charge in [0.1, 0.15) is 18.2 Å². The number of rotatable bonds is 6. The summed E-state index contributed by atoms with van der Waals surface area (Å²) in [5.74, 6) is 1.02. The Morgan fingerprint density at radius 2 is 2.00 bits per heavy atom. The third-order valence-corrected chi connectivity index (χ3v) is 6.07. The number of carbonyl (C=O) groups excluding carboxylic acids is 1. The van der Waals surface area contributed by atoms with Crippen molar-refractivity contribution < 1.29 is 9.53 Å². The number of anilines is 1. The Labute approximate surface area is 179 Å². The third kappa shape index (κ3) is 3.82. The molecule has 2 aliphatic rings. The van der Waals surface area contributed by atoms with Crippen LogP contribution in [0.25, 0.3) is 5.65 Å². The standard InChI is InChI=1S/C22H23N7O2/c23-10-16-4-7-20(24-11-16)28-17-5-6-18(28)13-27(12-17)22(30)8-9-31-14-19-2-1-3-21-25-15-26-29(19)21/h1-4,7,11,15,17-18H,5-6,8-9,12-14H2. The molecular weight excluding hydrogens is 394 g/mol. The van der Waals surface area contributed by atoms with Gasteiger partial charge in [-0.25, -0.2) is 14.5 Å². The van der Waals surface area contributed by atoms with Gasteiger partial charge in [-0.3, -0.25) is 4.79 Å². The lowest BCUT2D eigenvalue weighted by Crippen LogP contribution is -2.55. The third-order valence-electron chi connectivity index (χ3n) is 6.07. The fraction of sp³-hybridized carbons (Fsp3) is 0.409. The van der Waals surface area contributed by atoms with Crippen LogP contribution in [0.1, 0.15) is 30.5 Å². The van der Waals surface area contributed by atoms with Crippen molar-refractivity contribution in [1.29, 1.82) is 5.26 Å². The van der Waals surface area contributed by atoms with Crippen molar-refractivity contribution in [3.8, 4) is 6.07 Å². The van der Waals surface area contributed by atoms with Crippen molar-refractivity contribution >= 4 is 17.4 Å². The Kier molecular flexibility index (Phi) is 5.22. The van der Waals surface area contributed by atoms with Gasteiger partial charge in [-0.05, 0) is 37.1 Å². The van der Waals surface area contributed by atoms with Gasteiger partial charge in [0.25, 0.3) is 0 Å². The van der Waals surface area contributed by atoms with E-state index in [0.29, 0.717) is 38.3 Å². The number of hydrogen-bond donors (Lipinski definition) is 0. The zero-order chi connectivity index (χ0) is 21.2. The Balaban J connectivity index is 1.14. The van der Waals surface area contributed by atoms with Crippen LogP contribution in [0.15, 0.2) is 42.9 Å². The Morgan fingerprint density at radius 1 is 1.16 bits per heavy atom. The molecule has 31 heavy (non-hydrogen) atoms. The van der Waals surface area contributed by atoms with Crippen LogP contribution in [-0.2, 0) is 16.1 Å². The van der Waals surface area contributed by atoms with Crippen LogP contribution in [-0.4, -0.2) is 62.2 Å². The minimum Gasteiger partial charge on any atom is -0.375 e. The topological polar surface area (TPSA) is 99.7 Å². The van der Waals surface area contributed by atoms with Crippen molar-refractivity contribution in [3.63, 3.8) is 0 Å². The molecule has 2 unspecified atom stereocenters. The number of likely N-dealkylation sites (tertiary alicyclic amines) is 1. The molecule has 0 radical (unpaired) electrons. The van der Waals surface area contributed by atoms with Gasteiger partial charge in [-0.15, -0.1) is 0 Å². The number of amides is 1. The first-order chi connectivity index (χ1) is 15.2. The van der Waals surface area contributed by atoms with Crippen molar-refractivity contribution in [2.45, 2.75) is 38.0 Å². The molecule has 2 aliphatic heterocycles. The quantitative estimate of drug-likeness (QED) is 0.564. The molecule has 2 saturated heterocycles. The summed E-state index contributed by atoms with van der Waals surface area (Å²) < 4.78 is 7.50. The van der Waals surface area contributed by atoms with E-state index in [2.05, 4.69) is 26.0 Å². The molecule has 2 atom stereocenters. The number of pyridine rings is 2. The fourth-order valence-corrected chi connectivity index (χ4v) is 4.59. The second kappa shape index (κ2) is 8.32. The number of carbonyl (C=O) groups is 1. The Hall–Kier alpha value is -3.51. The van der Waals surface area contributed by atoms with Gasteiger partial charge in [-0.2, -0.15) is 10.4 Å². The molecule has 9 nitrogen and oxygen atoms in total. The summed E-state index contributed by atoms with van der Waals surface area (Å²) in [6.07, 6.45) is 5.60. The van der Waals surface area contributed by atoms with E-state index < -0.39 is 0 Å². The van der Waals surface area contributed by atoms with Gasteiger partial charge < -0.3 is 14.5 Å². The second-order valence-corrected chi connectivity index (χ2v) is 7.96. The maximum Gasteiger partial charge on any atom is 0.225 e. The van der Waals surface area contributed by atoms with Gasteiger partial charge in [0.15, 0.2) is 5.65 Å².